The number of halogens is 1. The van der Waals surface area contributed by atoms with E-state index in [0.717, 1.165) is 11.3 Å². The molecular weight excluding hydrogens is 245 g/mol. The SMILES string of the molecule is Cc1ccnc(-c2ccc(F)c(-n3cncn3)c2)n1. The van der Waals surface area contributed by atoms with E-state index in [2.05, 4.69) is 20.1 Å². The molecule has 0 unspecified atom stereocenters. The molecule has 94 valence electrons. The van der Waals surface area contributed by atoms with E-state index in [1.165, 1.54) is 23.4 Å². The maximum Gasteiger partial charge on any atom is 0.159 e. The van der Waals surface area contributed by atoms with Gasteiger partial charge in [0.05, 0.1) is 0 Å². The van der Waals surface area contributed by atoms with E-state index < -0.39 is 0 Å². The van der Waals surface area contributed by atoms with Gasteiger partial charge in [-0.3, -0.25) is 0 Å². The zero-order chi connectivity index (χ0) is 13.2. The summed E-state index contributed by atoms with van der Waals surface area (Å²) in [4.78, 5) is 12.3. The average molecular weight is 255 g/mol. The molecule has 0 aliphatic heterocycles. The van der Waals surface area contributed by atoms with E-state index in [-0.39, 0.29) is 5.82 Å². The van der Waals surface area contributed by atoms with Gasteiger partial charge in [0.1, 0.15) is 24.2 Å². The lowest BCUT2D eigenvalue weighted by atomic mass is 10.1. The molecule has 19 heavy (non-hydrogen) atoms. The minimum absolute atomic E-state index is 0.320. The van der Waals surface area contributed by atoms with Gasteiger partial charge >= 0.3 is 0 Å². The number of nitrogens with zero attached hydrogens (tertiary/aromatic N) is 5. The molecule has 0 saturated carbocycles. The molecule has 0 spiro atoms. The first-order valence-electron chi connectivity index (χ1n) is 5.68. The summed E-state index contributed by atoms with van der Waals surface area (Å²) in [6, 6.07) is 6.48. The monoisotopic (exact) mass is 255 g/mol. The zero-order valence-electron chi connectivity index (χ0n) is 10.2. The fourth-order valence-corrected chi connectivity index (χ4v) is 1.75. The van der Waals surface area contributed by atoms with Crippen molar-refractivity contribution in [2.75, 3.05) is 0 Å². The average Bonchev–Trinajstić information content (AvgIpc) is 2.93. The van der Waals surface area contributed by atoms with Gasteiger partial charge in [-0.25, -0.2) is 24.0 Å². The Kier molecular flexibility index (Phi) is 2.75. The van der Waals surface area contributed by atoms with Gasteiger partial charge in [-0.05, 0) is 31.2 Å². The van der Waals surface area contributed by atoms with Crippen molar-refractivity contribution in [1.82, 2.24) is 24.7 Å². The molecule has 3 rings (SSSR count). The van der Waals surface area contributed by atoms with Gasteiger partial charge in [0.15, 0.2) is 5.82 Å². The number of rotatable bonds is 2. The van der Waals surface area contributed by atoms with E-state index in [9.17, 15) is 4.39 Å². The normalized spacial score (nSPS) is 10.6. The summed E-state index contributed by atoms with van der Waals surface area (Å²) in [7, 11) is 0. The highest BCUT2D eigenvalue weighted by atomic mass is 19.1. The van der Waals surface area contributed by atoms with E-state index in [1.54, 1.807) is 18.3 Å². The van der Waals surface area contributed by atoms with Crippen LogP contribution in [0.25, 0.3) is 17.1 Å². The Morgan fingerprint density at radius 3 is 2.84 bits per heavy atom. The van der Waals surface area contributed by atoms with Crippen molar-refractivity contribution in [2.45, 2.75) is 6.92 Å². The minimum Gasteiger partial charge on any atom is -0.237 e. The number of aryl methyl sites for hydroxylation is 1. The second kappa shape index (κ2) is 4.56. The van der Waals surface area contributed by atoms with Crippen LogP contribution in [0.2, 0.25) is 0 Å². The predicted molar refractivity (Wildman–Crippen MR) is 67.1 cm³/mol. The van der Waals surface area contributed by atoms with Crippen molar-refractivity contribution in [1.29, 1.82) is 0 Å². The maximum absolute atomic E-state index is 13.8. The molecule has 0 amide bonds. The molecular formula is C13H10FN5. The molecule has 3 aromatic rings. The predicted octanol–water partition coefficient (Wildman–Crippen LogP) is 2.17. The van der Waals surface area contributed by atoms with Crippen LogP contribution in [-0.4, -0.2) is 24.7 Å². The topological polar surface area (TPSA) is 56.5 Å². The second-order valence-electron chi connectivity index (χ2n) is 4.03. The van der Waals surface area contributed by atoms with Crippen LogP contribution in [0, 0.1) is 12.7 Å². The van der Waals surface area contributed by atoms with Crippen molar-refractivity contribution in [3.63, 3.8) is 0 Å². The smallest absolute Gasteiger partial charge is 0.159 e. The van der Waals surface area contributed by atoms with Gasteiger partial charge in [-0.15, -0.1) is 0 Å². The van der Waals surface area contributed by atoms with Gasteiger partial charge in [0, 0.05) is 17.5 Å². The molecule has 0 aliphatic rings. The Balaban J connectivity index is 2.12. The zero-order valence-corrected chi connectivity index (χ0v) is 10.2. The first-order chi connectivity index (χ1) is 9.24. The summed E-state index contributed by atoms with van der Waals surface area (Å²) in [6.07, 6.45) is 4.48. The van der Waals surface area contributed by atoms with E-state index in [0.29, 0.717) is 11.5 Å². The van der Waals surface area contributed by atoms with Gasteiger partial charge in [-0.1, -0.05) is 0 Å². The highest BCUT2D eigenvalue weighted by Gasteiger charge is 2.09. The van der Waals surface area contributed by atoms with Crippen molar-refractivity contribution >= 4 is 0 Å². The summed E-state index contributed by atoms with van der Waals surface area (Å²) in [5, 5.41) is 3.92. The summed E-state index contributed by atoms with van der Waals surface area (Å²) in [5.74, 6) is 0.184. The van der Waals surface area contributed by atoms with Crippen molar-refractivity contribution in [3.8, 4) is 17.1 Å². The molecule has 5 nitrogen and oxygen atoms in total. The van der Waals surface area contributed by atoms with Crippen molar-refractivity contribution in [3.05, 3.63) is 54.6 Å². The fraction of sp³-hybridized carbons (Fsp3) is 0.0769. The molecule has 0 saturated heterocycles. The molecule has 1 aromatic carbocycles. The van der Waals surface area contributed by atoms with Crippen molar-refractivity contribution < 1.29 is 4.39 Å². The Hall–Kier alpha value is -2.63. The third-order valence-electron chi connectivity index (χ3n) is 2.66. The summed E-state index contributed by atoms with van der Waals surface area (Å²) >= 11 is 0. The fourth-order valence-electron chi connectivity index (χ4n) is 1.75. The standard InChI is InChI=1S/C13H10FN5/c1-9-4-5-16-13(18-9)10-2-3-11(14)12(6-10)19-8-15-7-17-19/h2-8H,1H3. The minimum atomic E-state index is -0.373. The molecule has 0 fully saturated rings. The lowest BCUT2D eigenvalue weighted by Gasteiger charge is -2.06. The lowest BCUT2D eigenvalue weighted by molar-refractivity contribution is 0.611. The molecule has 2 aromatic heterocycles. The molecule has 0 atom stereocenters. The van der Waals surface area contributed by atoms with Gasteiger partial charge in [0.25, 0.3) is 0 Å². The number of benzene rings is 1. The van der Waals surface area contributed by atoms with Crippen LogP contribution in [0.4, 0.5) is 4.39 Å². The Morgan fingerprint density at radius 2 is 2.11 bits per heavy atom. The Labute approximate surface area is 108 Å². The lowest BCUT2D eigenvalue weighted by Crippen LogP contribution is -1.99. The largest absolute Gasteiger partial charge is 0.237 e. The molecule has 0 bridgehead atoms. The molecule has 2 heterocycles. The van der Waals surface area contributed by atoms with E-state index >= 15 is 0 Å². The van der Waals surface area contributed by atoms with Gasteiger partial charge in [-0.2, -0.15) is 5.10 Å². The summed E-state index contributed by atoms with van der Waals surface area (Å²) < 4.78 is 15.2. The Bertz CT molecular complexity index is 709. The number of aromatic nitrogens is 5. The quantitative estimate of drug-likeness (QED) is 0.704. The van der Waals surface area contributed by atoms with Crippen LogP contribution in [0.1, 0.15) is 5.69 Å². The summed E-state index contributed by atoms with van der Waals surface area (Å²) in [6.45, 7) is 1.88. The molecule has 0 radical (unpaired) electrons. The number of hydrogen-bond acceptors (Lipinski definition) is 4. The third kappa shape index (κ3) is 2.20. The van der Waals surface area contributed by atoms with Crippen LogP contribution < -0.4 is 0 Å². The third-order valence-corrected chi connectivity index (χ3v) is 2.66. The summed E-state index contributed by atoms with van der Waals surface area (Å²) in [5.41, 5.74) is 1.91. The van der Waals surface area contributed by atoms with Crippen molar-refractivity contribution in [2.24, 2.45) is 0 Å². The first kappa shape index (κ1) is 11.5. The van der Waals surface area contributed by atoms with E-state index in [1.807, 2.05) is 13.0 Å². The van der Waals surface area contributed by atoms with Gasteiger partial charge in [0.2, 0.25) is 0 Å². The Morgan fingerprint density at radius 1 is 1.21 bits per heavy atom. The van der Waals surface area contributed by atoms with Crippen LogP contribution in [0.5, 0.6) is 0 Å². The first-order valence-corrected chi connectivity index (χ1v) is 5.68. The van der Waals surface area contributed by atoms with Crippen LogP contribution in [-0.2, 0) is 0 Å². The number of hydrogen-bond donors (Lipinski definition) is 0. The van der Waals surface area contributed by atoms with Crippen LogP contribution >= 0.6 is 0 Å². The van der Waals surface area contributed by atoms with Gasteiger partial charge < -0.3 is 0 Å². The highest BCUT2D eigenvalue weighted by molar-refractivity contribution is 5.59. The molecule has 6 heteroatoms. The second-order valence-corrected chi connectivity index (χ2v) is 4.03. The molecule has 0 aliphatic carbocycles. The van der Waals surface area contributed by atoms with Crippen LogP contribution in [0.15, 0.2) is 43.1 Å². The highest BCUT2D eigenvalue weighted by Crippen LogP contribution is 2.21. The van der Waals surface area contributed by atoms with Crippen LogP contribution in [0.3, 0.4) is 0 Å². The maximum atomic E-state index is 13.8. The van der Waals surface area contributed by atoms with E-state index in [4.69, 9.17) is 0 Å². The molecule has 0 N–H and O–H groups in total.